The van der Waals surface area contributed by atoms with E-state index in [1.165, 1.54) is 11.8 Å². The van der Waals surface area contributed by atoms with Gasteiger partial charge in [-0.2, -0.15) is 0 Å². The number of rotatable bonds is 7. The van der Waals surface area contributed by atoms with Gasteiger partial charge in [0.15, 0.2) is 0 Å². The molecule has 2 aromatic carbocycles. The molecule has 1 aliphatic heterocycles. The number of thioether (sulfide) groups is 1. The van der Waals surface area contributed by atoms with Crippen LogP contribution in [0, 0.1) is 0 Å². The summed E-state index contributed by atoms with van der Waals surface area (Å²) < 4.78 is 0.428. The molecular formula is C23H23N3O3S2. The summed E-state index contributed by atoms with van der Waals surface area (Å²) in [4.78, 5) is 37.4. The predicted molar refractivity (Wildman–Crippen MR) is 129 cm³/mol. The Balaban J connectivity index is 1.60. The Kier molecular flexibility index (Phi) is 7.59. The molecule has 0 radical (unpaired) electrons. The lowest BCUT2D eigenvalue weighted by Crippen LogP contribution is -2.41. The molecule has 0 aliphatic carbocycles. The van der Waals surface area contributed by atoms with Crippen molar-refractivity contribution in [2.75, 3.05) is 5.32 Å². The van der Waals surface area contributed by atoms with E-state index >= 15 is 0 Å². The van der Waals surface area contributed by atoms with Crippen molar-refractivity contribution in [2.24, 2.45) is 0 Å². The van der Waals surface area contributed by atoms with Gasteiger partial charge in [0, 0.05) is 11.3 Å². The van der Waals surface area contributed by atoms with Gasteiger partial charge in [-0.15, -0.1) is 0 Å². The standard InChI is InChI=1S/C23H23N3O3S2/c1-3-6-16-7-4-5-8-18(16)25-20(27)14(2)24-21(28)17-11-9-15(10-12-17)13-19-22(29)26-23(30)31-19/h4-5,7-14H,3,6H2,1-2H3,(H,24,28)(H,25,27)(H,26,29,30)/b19-13-/t14-/m0/s1. The molecule has 31 heavy (non-hydrogen) atoms. The zero-order valence-corrected chi connectivity index (χ0v) is 18.9. The normalized spacial score (nSPS) is 15.5. The topological polar surface area (TPSA) is 87.3 Å². The molecule has 1 fully saturated rings. The predicted octanol–water partition coefficient (Wildman–Crippen LogP) is 3.88. The Hall–Kier alpha value is -2.97. The number of hydrogen-bond acceptors (Lipinski definition) is 5. The highest BCUT2D eigenvalue weighted by Gasteiger charge is 2.22. The minimum absolute atomic E-state index is 0.225. The first-order valence-corrected chi connectivity index (χ1v) is 11.1. The van der Waals surface area contributed by atoms with Crippen LogP contribution in [0.4, 0.5) is 5.69 Å². The number of amides is 3. The minimum Gasteiger partial charge on any atom is -0.341 e. The van der Waals surface area contributed by atoms with Crippen molar-refractivity contribution in [1.82, 2.24) is 10.6 Å². The highest BCUT2D eigenvalue weighted by molar-refractivity contribution is 8.26. The van der Waals surface area contributed by atoms with E-state index in [-0.39, 0.29) is 17.7 Å². The zero-order valence-electron chi connectivity index (χ0n) is 17.2. The van der Waals surface area contributed by atoms with E-state index < -0.39 is 6.04 Å². The maximum Gasteiger partial charge on any atom is 0.263 e. The summed E-state index contributed by atoms with van der Waals surface area (Å²) in [7, 11) is 0. The number of nitrogens with one attached hydrogen (secondary N) is 3. The third-order valence-corrected chi connectivity index (χ3v) is 5.81. The Labute approximate surface area is 190 Å². The van der Waals surface area contributed by atoms with Gasteiger partial charge < -0.3 is 16.0 Å². The second kappa shape index (κ2) is 10.4. The Morgan fingerprint density at radius 1 is 1.16 bits per heavy atom. The van der Waals surface area contributed by atoms with Crippen LogP contribution in [-0.4, -0.2) is 28.1 Å². The summed E-state index contributed by atoms with van der Waals surface area (Å²) in [5.41, 5.74) is 3.03. The highest BCUT2D eigenvalue weighted by atomic mass is 32.2. The maximum absolute atomic E-state index is 12.6. The summed E-state index contributed by atoms with van der Waals surface area (Å²) in [5.74, 6) is -0.853. The molecule has 1 atom stereocenters. The molecule has 1 aliphatic rings. The fraction of sp³-hybridized carbons (Fsp3) is 0.217. The summed E-state index contributed by atoms with van der Waals surface area (Å²) >= 11 is 6.17. The monoisotopic (exact) mass is 453 g/mol. The third kappa shape index (κ3) is 6.02. The first-order valence-electron chi connectivity index (χ1n) is 9.92. The molecule has 3 rings (SSSR count). The number of benzene rings is 2. The second-order valence-corrected chi connectivity index (χ2v) is 8.78. The van der Waals surface area contributed by atoms with Crippen molar-refractivity contribution in [3.8, 4) is 0 Å². The van der Waals surface area contributed by atoms with E-state index in [0.717, 1.165) is 29.7 Å². The summed E-state index contributed by atoms with van der Waals surface area (Å²) in [6.07, 6.45) is 3.55. The van der Waals surface area contributed by atoms with Crippen LogP contribution in [0.5, 0.6) is 0 Å². The van der Waals surface area contributed by atoms with E-state index in [1.807, 2.05) is 24.3 Å². The fourth-order valence-electron chi connectivity index (χ4n) is 3.02. The number of anilines is 1. The molecule has 0 unspecified atom stereocenters. The van der Waals surface area contributed by atoms with Gasteiger partial charge in [0.05, 0.1) is 4.91 Å². The first kappa shape index (κ1) is 22.7. The molecule has 1 heterocycles. The van der Waals surface area contributed by atoms with Crippen LogP contribution in [0.15, 0.2) is 53.4 Å². The van der Waals surface area contributed by atoms with Crippen molar-refractivity contribution in [3.63, 3.8) is 0 Å². The van der Waals surface area contributed by atoms with Gasteiger partial charge in [-0.05, 0) is 48.7 Å². The van der Waals surface area contributed by atoms with Crippen LogP contribution >= 0.6 is 24.0 Å². The molecule has 3 N–H and O–H groups in total. The summed E-state index contributed by atoms with van der Waals surface area (Å²) in [5, 5.41) is 8.18. The van der Waals surface area contributed by atoms with Gasteiger partial charge in [0.1, 0.15) is 10.4 Å². The lowest BCUT2D eigenvalue weighted by molar-refractivity contribution is -0.117. The van der Waals surface area contributed by atoms with Gasteiger partial charge in [0.25, 0.3) is 11.8 Å². The fourth-order valence-corrected chi connectivity index (χ4v) is 4.06. The van der Waals surface area contributed by atoms with Crippen LogP contribution in [0.25, 0.3) is 6.08 Å². The molecule has 0 bridgehead atoms. The third-order valence-electron chi connectivity index (χ3n) is 4.65. The van der Waals surface area contributed by atoms with Crippen molar-refractivity contribution < 1.29 is 14.4 Å². The first-order chi connectivity index (χ1) is 14.9. The smallest absolute Gasteiger partial charge is 0.263 e. The van der Waals surface area contributed by atoms with Gasteiger partial charge in [-0.3, -0.25) is 14.4 Å². The Morgan fingerprint density at radius 2 is 1.87 bits per heavy atom. The number of aryl methyl sites for hydroxylation is 1. The number of para-hydroxylation sites is 1. The minimum atomic E-state index is -0.705. The second-order valence-electron chi connectivity index (χ2n) is 7.07. The van der Waals surface area contributed by atoms with Crippen molar-refractivity contribution in [1.29, 1.82) is 0 Å². The molecule has 3 amide bonds. The van der Waals surface area contributed by atoms with Gasteiger partial charge in [0.2, 0.25) is 5.91 Å². The molecule has 6 nitrogen and oxygen atoms in total. The molecule has 2 aromatic rings. The van der Waals surface area contributed by atoms with Crippen LogP contribution in [0.3, 0.4) is 0 Å². The molecular weight excluding hydrogens is 430 g/mol. The molecule has 0 spiro atoms. The number of hydrogen-bond donors (Lipinski definition) is 3. The summed E-state index contributed by atoms with van der Waals surface area (Å²) in [6, 6.07) is 13.7. The van der Waals surface area contributed by atoms with E-state index in [1.54, 1.807) is 37.3 Å². The van der Waals surface area contributed by atoms with E-state index in [9.17, 15) is 14.4 Å². The zero-order chi connectivity index (χ0) is 22.4. The quantitative estimate of drug-likeness (QED) is 0.437. The van der Waals surface area contributed by atoms with Crippen molar-refractivity contribution in [3.05, 3.63) is 70.1 Å². The Morgan fingerprint density at radius 3 is 2.52 bits per heavy atom. The van der Waals surface area contributed by atoms with Gasteiger partial charge in [-0.1, -0.05) is 67.7 Å². The maximum atomic E-state index is 12.6. The van der Waals surface area contributed by atoms with Crippen LogP contribution in [0.1, 0.15) is 41.8 Å². The van der Waals surface area contributed by atoms with E-state index in [2.05, 4.69) is 22.9 Å². The van der Waals surface area contributed by atoms with Gasteiger partial charge in [-0.25, -0.2) is 0 Å². The lowest BCUT2D eigenvalue weighted by atomic mass is 10.1. The SMILES string of the molecule is CCCc1ccccc1NC(=O)[C@H](C)NC(=O)c1ccc(/C=C2\SC(=S)NC2=O)cc1. The van der Waals surface area contributed by atoms with Crippen molar-refractivity contribution >= 4 is 57.8 Å². The Bertz CT molecular complexity index is 1050. The number of carbonyl (C=O) groups excluding carboxylic acids is 3. The average Bonchev–Trinajstić information content (AvgIpc) is 3.06. The molecule has 1 saturated heterocycles. The van der Waals surface area contributed by atoms with E-state index in [0.29, 0.717) is 14.8 Å². The van der Waals surface area contributed by atoms with Crippen molar-refractivity contribution in [2.45, 2.75) is 32.7 Å². The number of thiocarbonyl (C=S) groups is 1. The average molecular weight is 454 g/mol. The largest absolute Gasteiger partial charge is 0.341 e. The molecule has 8 heteroatoms. The van der Waals surface area contributed by atoms with Gasteiger partial charge >= 0.3 is 0 Å². The molecule has 160 valence electrons. The highest BCUT2D eigenvalue weighted by Crippen LogP contribution is 2.25. The number of carbonyl (C=O) groups is 3. The molecule has 0 saturated carbocycles. The summed E-state index contributed by atoms with van der Waals surface area (Å²) in [6.45, 7) is 3.73. The van der Waals surface area contributed by atoms with Crippen LogP contribution in [-0.2, 0) is 16.0 Å². The lowest BCUT2D eigenvalue weighted by Gasteiger charge is -2.16. The molecule has 0 aromatic heterocycles. The van der Waals surface area contributed by atoms with Crippen LogP contribution in [0.2, 0.25) is 0 Å². The van der Waals surface area contributed by atoms with E-state index in [4.69, 9.17) is 12.2 Å². The van der Waals surface area contributed by atoms with Crippen LogP contribution < -0.4 is 16.0 Å².